The van der Waals surface area contributed by atoms with Crippen molar-refractivity contribution in [3.63, 3.8) is 0 Å². The van der Waals surface area contributed by atoms with Crippen LogP contribution in [-0.4, -0.2) is 47.9 Å². The predicted molar refractivity (Wildman–Crippen MR) is 162 cm³/mol. The van der Waals surface area contributed by atoms with Gasteiger partial charge in [-0.2, -0.15) is 5.26 Å². The van der Waals surface area contributed by atoms with Crippen molar-refractivity contribution in [1.29, 1.82) is 5.26 Å². The Morgan fingerprint density at radius 2 is 2.17 bits per heavy atom. The van der Waals surface area contributed by atoms with Crippen molar-refractivity contribution in [3.05, 3.63) is 88.6 Å². The number of halogens is 1. The summed E-state index contributed by atoms with van der Waals surface area (Å²) < 4.78 is 168. The van der Waals surface area contributed by atoms with Crippen LogP contribution in [0.25, 0.3) is 10.9 Å². The first kappa shape index (κ1) is 13.3. The molecular weight excluding hydrogens is 540 g/mol. The minimum absolute atomic E-state index is 0.0884. The number of amides is 1. The van der Waals surface area contributed by atoms with Crippen LogP contribution in [0.1, 0.15) is 48.5 Å². The fraction of sp³-hybridized carbons (Fsp3) is 0.226. The Kier molecular flexibility index (Phi) is 4.43. The third-order valence-corrected chi connectivity index (χ3v) is 4.92. The number of carbonyl (C=O) groups excluding carboxylic acids is 1. The molecule has 2 heterocycles. The predicted octanol–water partition coefficient (Wildman–Crippen LogP) is 6.24. The zero-order chi connectivity index (χ0) is 45.9. The summed E-state index contributed by atoms with van der Waals surface area (Å²) in [5, 5.41) is 11.0. The van der Waals surface area contributed by atoms with E-state index in [0.717, 1.165) is 7.05 Å². The van der Waals surface area contributed by atoms with Gasteiger partial charge in [-0.05, 0) is 64.1 Å². The highest BCUT2D eigenvalue weighted by Gasteiger charge is 2.16. The molecule has 0 fully saturated rings. The van der Waals surface area contributed by atoms with Gasteiger partial charge in [0.15, 0.2) is 1.41 Å². The maximum atomic E-state index is 13.5. The number of anilines is 3. The molecule has 1 amide bonds. The summed E-state index contributed by atoms with van der Waals surface area (Å²) in [7, 11) is 0.762. The fourth-order valence-corrected chi connectivity index (χ4v) is 3.21. The van der Waals surface area contributed by atoms with Crippen LogP contribution in [0.3, 0.4) is 0 Å². The summed E-state index contributed by atoms with van der Waals surface area (Å²) in [6.45, 7) is -7.13. The van der Waals surface area contributed by atoms with Gasteiger partial charge in [-0.25, -0.2) is 0 Å². The number of hydrogen-bond donors (Lipinski definition) is 2. The summed E-state index contributed by atoms with van der Waals surface area (Å²) in [5.41, 5.74) is -4.54. The molecule has 10 heteroatoms. The molecule has 210 valence electrons. The second-order valence-electron chi connectivity index (χ2n) is 7.65. The van der Waals surface area contributed by atoms with Crippen LogP contribution >= 0.6 is 11.6 Å². The number of nitrogens with zero attached hydrogens (tertiary/aromatic N) is 4. The molecule has 41 heavy (non-hydrogen) atoms. The summed E-state index contributed by atoms with van der Waals surface area (Å²) in [5.74, 6) is -3.43. The highest BCUT2D eigenvalue weighted by atomic mass is 35.5. The Balaban J connectivity index is 1.99. The Bertz CT molecular complexity index is 2500. The van der Waals surface area contributed by atoms with Crippen LogP contribution in [0.5, 0.6) is 11.5 Å². The Hall–Kier alpha value is -4.65. The number of rotatable bonds is 11. The molecule has 0 aliphatic rings. The molecule has 2 aromatic carbocycles. The third-order valence-electron chi connectivity index (χ3n) is 4.65. The van der Waals surface area contributed by atoms with Gasteiger partial charge in [-0.15, -0.1) is 0 Å². The SMILES string of the molecule is [2H]/C(C(=O)N([2H])c1c(OCC)c([2H])c2nc([2H])c(C#N)c(Nc3c([2H])c([2H])c(OC([2H])([2H])c4nc(C)c([2H])c([2H])c4[2H])c(Cl)c3[2H])c2c1[2H])=C(/[2H])C([2H])([2H])N(C)C([2H])([2H])[2H]. The minimum Gasteiger partial charge on any atom is -0.492 e. The van der Waals surface area contributed by atoms with E-state index in [9.17, 15) is 10.1 Å². The maximum Gasteiger partial charge on any atom is 0.248 e. The van der Waals surface area contributed by atoms with E-state index in [1.54, 1.807) is 6.07 Å². The molecule has 0 bridgehead atoms. The van der Waals surface area contributed by atoms with E-state index in [-0.39, 0.29) is 22.5 Å². The van der Waals surface area contributed by atoms with E-state index in [1.807, 2.05) is 0 Å². The number of likely N-dealkylation sites (N-methyl/N-ethyl adjacent to an activating group) is 1. The summed E-state index contributed by atoms with van der Waals surface area (Å²) >= 11 is 6.41. The lowest BCUT2D eigenvalue weighted by Gasteiger charge is -2.16. The number of nitriles is 1. The molecule has 0 saturated carbocycles. The van der Waals surface area contributed by atoms with E-state index < -0.39 is 148 Å². The molecule has 0 aliphatic heterocycles. The number of pyridine rings is 2. The zero-order valence-corrected chi connectivity index (χ0v) is 22.3. The van der Waals surface area contributed by atoms with Crippen molar-refractivity contribution in [3.8, 4) is 17.6 Å². The van der Waals surface area contributed by atoms with Crippen molar-refractivity contribution >= 4 is 45.5 Å². The average Bonchev–Trinajstić information content (AvgIpc) is 3.17. The van der Waals surface area contributed by atoms with Crippen LogP contribution in [0.15, 0.2) is 66.6 Å². The number of ether oxygens (including phenoxy) is 2. The highest BCUT2D eigenvalue weighted by Crippen LogP contribution is 2.37. The van der Waals surface area contributed by atoms with Gasteiger partial charge in [0, 0.05) is 48.4 Å². The monoisotopic (exact) mass is 589 g/mol. The summed E-state index contributed by atoms with van der Waals surface area (Å²) in [6.07, 6.45) is -0.838. The Morgan fingerprint density at radius 1 is 1.32 bits per heavy atom. The van der Waals surface area contributed by atoms with Crippen LogP contribution in [0.4, 0.5) is 17.1 Å². The number of aryl methyl sites for hydroxylation is 1. The summed E-state index contributed by atoms with van der Waals surface area (Å²) in [4.78, 5) is 21.4. The van der Waals surface area contributed by atoms with Crippen LogP contribution in [0, 0.1) is 18.3 Å². The van der Waals surface area contributed by atoms with E-state index in [0.29, 0.717) is 0 Å². The highest BCUT2D eigenvalue weighted by molar-refractivity contribution is 6.32. The quantitative estimate of drug-likeness (QED) is 0.198. The fourth-order valence-electron chi connectivity index (χ4n) is 3.03. The second kappa shape index (κ2) is 13.6. The van der Waals surface area contributed by atoms with Crippen molar-refractivity contribution in [2.24, 2.45) is 0 Å². The van der Waals surface area contributed by atoms with Gasteiger partial charge in [0.2, 0.25) is 5.91 Å². The van der Waals surface area contributed by atoms with Gasteiger partial charge in [0.1, 0.15) is 24.1 Å². The van der Waals surface area contributed by atoms with Crippen molar-refractivity contribution in [2.75, 3.05) is 37.8 Å². The molecular formula is C31H31ClN6O3. The van der Waals surface area contributed by atoms with Crippen molar-refractivity contribution < 1.29 is 40.4 Å². The lowest BCUT2D eigenvalue weighted by atomic mass is 10.1. The lowest BCUT2D eigenvalue weighted by Crippen LogP contribution is -2.13. The Labute approximate surface area is 271 Å². The topological polar surface area (TPSA) is 112 Å². The molecule has 0 saturated heterocycles. The third kappa shape index (κ3) is 7.72. The number of fused-ring (bicyclic) bond motifs is 1. The van der Waals surface area contributed by atoms with Gasteiger partial charge in [0.25, 0.3) is 0 Å². The minimum atomic E-state index is -3.27. The van der Waals surface area contributed by atoms with Gasteiger partial charge in [-0.1, -0.05) is 23.7 Å². The maximum absolute atomic E-state index is 13.5. The number of benzene rings is 2. The molecule has 2 N–H and O–H groups in total. The van der Waals surface area contributed by atoms with E-state index in [2.05, 4.69) is 15.3 Å². The van der Waals surface area contributed by atoms with E-state index >= 15 is 0 Å². The molecule has 9 nitrogen and oxygen atoms in total. The van der Waals surface area contributed by atoms with Gasteiger partial charge >= 0.3 is 0 Å². The van der Waals surface area contributed by atoms with Crippen LogP contribution in [-0.2, 0) is 11.4 Å². The van der Waals surface area contributed by atoms with Crippen LogP contribution < -0.4 is 20.1 Å². The smallest absolute Gasteiger partial charge is 0.248 e. The molecule has 4 aromatic rings. The van der Waals surface area contributed by atoms with Gasteiger partial charge in [0.05, 0.1) is 57.6 Å². The van der Waals surface area contributed by atoms with Crippen LogP contribution in [0.2, 0.25) is 6.43 Å². The molecule has 0 aliphatic carbocycles. The number of nitrogens with one attached hydrogen (secondary N) is 2. The standard InChI is InChI=1S/C31H31ClN6O3/c1-5-40-29-16-26-24(15-27(29)37-30(39)10-7-13-38(3)4)31(21(17-33)18-34-26)36-22-11-12-28(25(32)14-22)41-19-23-9-6-8-20(2)35-23/h6-12,14-16,18H,5,13,19H2,1-4H3,(H,34,36)(H,37,39)/b10-7+/i3D3,6D,7D,8D,9D,10D,11D,12D,13D2,14D,15D,16D,18D,19D2/hD. The van der Waals surface area contributed by atoms with E-state index in [4.69, 9.17) is 47.2 Å². The van der Waals surface area contributed by atoms with Crippen molar-refractivity contribution in [2.45, 2.75) is 20.4 Å². The Morgan fingerprint density at radius 3 is 2.95 bits per heavy atom. The molecule has 0 radical (unpaired) electrons. The first-order valence-corrected chi connectivity index (χ1v) is 11.8. The molecule has 0 atom stereocenters. The average molecular weight is 590 g/mol. The van der Waals surface area contributed by atoms with E-state index in [1.165, 1.54) is 13.8 Å². The summed E-state index contributed by atoms with van der Waals surface area (Å²) in [6, 6.07) is -7.99. The van der Waals surface area contributed by atoms with Gasteiger partial charge < -0.3 is 25.0 Å². The first-order valence-electron chi connectivity index (χ1n) is 20.9. The number of carbonyl (C=O) groups is 1. The molecule has 4 rings (SSSR count). The molecule has 0 unspecified atom stereocenters. The number of hydrogen-bond acceptors (Lipinski definition) is 8. The normalized spacial score (nSPS) is 19.2. The molecule has 2 aromatic heterocycles. The number of aromatic nitrogens is 2. The van der Waals surface area contributed by atoms with Crippen molar-refractivity contribution in [1.82, 2.24) is 14.9 Å². The zero-order valence-electron chi connectivity index (χ0n) is 40.5. The largest absolute Gasteiger partial charge is 0.492 e. The van der Waals surface area contributed by atoms with Gasteiger partial charge in [-0.3, -0.25) is 14.8 Å². The lowest BCUT2D eigenvalue weighted by molar-refractivity contribution is -0.111. The molecule has 0 spiro atoms. The first-order chi connectivity index (χ1) is 27.5. The second-order valence-corrected chi connectivity index (χ2v) is 8.03.